The Morgan fingerprint density at radius 1 is 0.976 bits per heavy atom. The Morgan fingerprint density at radius 2 is 1.80 bits per heavy atom. The van der Waals surface area contributed by atoms with Crippen LogP contribution in [0, 0.1) is 46.3 Å². The van der Waals surface area contributed by atoms with E-state index in [2.05, 4.69) is 75.3 Å². The summed E-state index contributed by atoms with van der Waals surface area (Å²) in [4.78, 5) is 0. The molecule has 8 atom stereocenters. The topological polar surface area (TPSA) is 39.9 Å². The van der Waals surface area contributed by atoms with E-state index in [1.807, 2.05) is 16.9 Å². The molecule has 0 saturated heterocycles. The lowest BCUT2D eigenvalue weighted by Crippen LogP contribution is -2.51. The highest BCUT2D eigenvalue weighted by Crippen LogP contribution is 2.67. The number of nitrogens with zero attached hydrogens (tertiary/aromatic N) is 3. The minimum Gasteiger partial charge on any atom is -0.371 e. The summed E-state index contributed by atoms with van der Waals surface area (Å²) in [6.45, 7) is 14.0. The molecular weight excluding hydrogens is 502 g/mol. The van der Waals surface area contributed by atoms with Crippen molar-refractivity contribution < 1.29 is 4.74 Å². The van der Waals surface area contributed by atoms with Crippen LogP contribution >= 0.6 is 0 Å². The van der Waals surface area contributed by atoms with E-state index < -0.39 is 0 Å². The Balaban J connectivity index is 1.05. The Kier molecular flexibility index (Phi) is 8.52. The predicted octanol–water partition coefficient (Wildman–Crippen LogP) is 9.25. The van der Waals surface area contributed by atoms with Gasteiger partial charge in [-0.1, -0.05) is 101 Å². The van der Waals surface area contributed by atoms with E-state index in [0.717, 1.165) is 54.2 Å². The van der Waals surface area contributed by atoms with Gasteiger partial charge in [0, 0.05) is 0 Å². The lowest BCUT2D eigenvalue weighted by atomic mass is 9.47. The lowest BCUT2D eigenvalue weighted by molar-refractivity contribution is -0.0658. The Bertz CT molecular complexity index is 1190. The average Bonchev–Trinajstić information content (AvgIpc) is 3.55. The number of allylic oxidation sites excluding steroid dienone is 1. The van der Waals surface area contributed by atoms with Gasteiger partial charge in [0.15, 0.2) is 0 Å². The molecule has 4 aliphatic carbocycles. The lowest BCUT2D eigenvalue weighted by Gasteiger charge is -2.58. The van der Waals surface area contributed by atoms with Gasteiger partial charge in [0.1, 0.15) is 5.69 Å². The first-order valence-corrected chi connectivity index (χ1v) is 17.0. The van der Waals surface area contributed by atoms with Crippen molar-refractivity contribution >= 4 is 0 Å². The Morgan fingerprint density at radius 3 is 2.61 bits per heavy atom. The molecule has 0 aliphatic heterocycles. The summed E-state index contributed by atoms with van der Waals surface area (Å²) < 4.78 is 8.40. The third-order valence-corrected chi connectivity index (χ3v) is 12.5. The van der Waals surface area contributed by atoms with Crippen molar-refractivity contribution in [2.75, 3.05) is 0 Å². The quantitative estimate of drug-likeness (QED) is 0.273. The number of aromatic nitrogens is 3. The van der Waals surface area contributed by atoms with Gasteiger partial charge < -0.3 is 4.74 Å². The van der Waals surface area contributed by atoms with E-state index in [0.29, 0.717) is 23.5 Å². The van der Waals surface area contributed by atoms with Crippen LogP contribution in [0.1, 0.15) is 117 Å². The zero-order valence-electron chi connectivity index (χ0n) is 26.5. The van der Waals surface area contributed by atoms with Gasteiger partial charge in [-0.2, -0.15) is 0 Å². The van der Waals surface area contributed by atoms with Crippen molar-refractivity contribution in [2.45, 2.75) is 125 Å². The molecule has 0 spiro atoms. The van der Waals surface area contributed by atoms with Crippen LogP contribution in [-0.4, -0.2) is 21.1 Å². The number of hydrogen-bond donors (Lipinski definition) is 0. The summed E-state index contributed by atoms with van der Waals surface area (Å²) in [5.74, 6) is 5.36. The minimum atomic E-state index is 0.307. The molecule has 0 N–H and O–H groups in total. The fraction of sp³-hybridized carbons (Fsp3) is 0.730. The summed E-state index contributed by atoms with van der Waals surface area (Å²) in [5.41, 5.74) is 4.84. The third-order valence-electron chi connectivity index (χ3n) is 12.5. The van der Waals surface area contributed by atoms with Crippen molar-refractivity contribution in [3.63, 3.8) is 0 Å². The van der Waals surface area contributed by atoms with Crippen molar-refractivity contribution in [3.8, 4) is 0 Å². The average molecular weight is 558 g/mol. The molecule has 3 fully saturated rings. The van der Waals surface area contributed by atoms with Gasteiger partial charge in [0.05, 0.1) is 25.5 Å². The maximum absolute atomic E-state index is 6.48. The SMILES string of the molecule is CC(C)CCC[C@@H](C)[C@H]1CC[C@H]2[C@@H]3CC=C4C[C@@H](OCc5cn(Cc6ccccc6)nn5)CC[C@]4(C)[C@H]3CC[C@]12C. The molecule has 1 aromatic carbocycles. The van der Waals surface area contributed by atoms with Crippen LogP contribution < -0.4 is 0 Å². The number of hydrogen-bond acceptors (Lipinski definition) is 3. The number of ether oxygens (including phenoxy) is 1. The van der Waals surface area contributed by atoms with Crippen LogP contribution in [0.2, 0.25) is 0 Å². The van der Waals surface area contributed by atoms with Crippen LogP contribution in [0.4, 0.5) is 0 Å². The molecule has 41 heavy (non-hydrogen) atoms. The molecule has 1 aromatic heterocycles. The van der Waals surface area contributed by atoms with Crippen molar-refractivity contribution in [1.82, 2.24) is 15.0 Å². The van der Waals surface area contributed by atoms with Gasteiger partial charge in [0.2, 0.25) is 0 Å². The molecular formula is C37H55N3O. The van der Waals surface area contributed by atoms with Gasteiger partial charge in [-0.25, -0.2) is 4.68 Å². The predicted molar refractivity (Wildman–Crippen MR) is 167 cm³/mol. The monoisotopic (exact) mass is 557 g/mol. The smallest absolute Gasteiger partial charge is 0.108 e. The highest BCUT2D eigenvalue weighted by Gasteiger charge is 2.59. The number of fused-ring (bicyclic) bond motifs is 5. The molecule has 4 nitrogen and oxygen atoms in total. The molecule has 0 bridgehead atoms. The second-order valence-corrected chi connectivity index (χ2v) is 15.4. The summed E-state index contributed by atoms with van der Waals surface area (Å²) in [6.07, 6.45) is 20.0. The van der Waals surface area contributed by atoms with E-state index in [1.165, 1.54) is 69.8 Å². The van der Waals surface area contributed by atoms with Crippen molar-refractivity contribution in [2.24, 2.45) is 46.3 Å². The maximum Gasteiger partial charge on any atom is 0.108 e. The van der Waals surface area contributed by atoms with Crippen molar-refractivity contribution in [1.29, 1.82) is 0 Å². The zero-order chi connectivity index (χ0) is 28.6. The van der Waals surface area contributed by atoms with Gasteiger partial charge in [-0.05, 0) is 103 Å². The van der Waals surface area contributed by atoms with Crippen LogP contribution in [0.15, 0.2) is 48.2 Å². The Labute approximate surface area is 249 Å². The summed E-state index contributed by atoms with van der Waals surface area (Å²) in [6, 6.07) is 10.5. The molecule has 0 radical (unpaired) electrons. The van der Waals surface area contributed by atoms with Gasteiger partial charge in [-0.15, -0.1) is 5.10 Å². The van der Waals surface area contributed by atoms with E-state index in [9.17, 15) is 0 Å². The maximum atomic E-state index is 6.48. The first-order chi connectivity index (χ1) is 19.8. The first-order valence-electron chi connectivity index (χ1n) is 17.0. The fourth-order valence-electron chi connectivity index (χ4n) is 10.2. The molecule has 6 rings (SSSR count). The molecule has 0 amide bonds. The van der Waals surface area contributed by atoms with E-state index in [-0.39, 0.29) is 0 Å². The van der Waals surface area contributed by atoms with Crippen LogP contribution in [0.25, 0.3) is 0 Å². The number of benzene rings is 1. The third kappa shape index (κ3) is 5.84. The first kappa shape index (κ1) is 29.1. The molecule has 3 saturated carbocycles. The summed E-state index contributed by atoms with van der Waals surface area (Å²) in [7, 11) is 0. The van der Waals surface area contributed by atoms with Crippen LogP contribution in [0.3, 0.4) is 0 Å². The number of rotatable bonds is 10. The summed E-state index contributed by atoms with van der Waals surface area (Å²) in [5, 5.41) is 8.74. The highest BCUT2D eigenvalue weighted by atomic mass is 16.5. The molecule has 4 aliphatic rings. The van der Waals surface area contributed by atoms with Crippen molar-refractivity contribution in [3.05, 3.63) is 59.4 Å². The van der Waals surface area contributed by atoms with Crippen LogP contribution in [-0.2, 0) is 17.9 Å². The molecule has 4 heteroatoms. The molecule has 1 heterocycles. The minimum absolute atomic E-state index is 0.307. The van der Waals surface area contributed by atoms with E-state index in [4.69, 9.17) is 4.74 Å². The fourth-order valence-corrected chi connectivity index (χ4v) is 10.2. The Hall–Kier alpha value is -1.94. The molecule has 2 aromatic rings. The van der Waals surface area contributed by atoms with Gasteiger partial charge in [0.25, 0.3) is 0 Å². The normalized spacial score (nSPS) is 35.5. The van der Waals surface area contributed by atoms with Gasteiger partial charge >= 0.3 is 0 Å². The molecule has 0 unspecified atom stereocenters. The zero-order valence-corrected chi connectivity index (χ0v) is 26.5. The second-order valence-electron chi connectivity index (χ2n) is 15.4. The largest absolute Gasteiger partial charge is 0.371 e. The van der Waals surface area contributed by atoms with E-state index in [1.54, 1.807) is 5.57 Å². The standard InChI is InChI=1S/C37H55N3O/c1-26(2)10-9-11-27(3)33-16-17-34-32-15-14-29-22-31(18-20-36(29,4)35(32)19-21-37(33,34)5)41-25-30-24-40(39-38-30)23-28-12-7-6-8-13-28/h6-8,12-14,24,26-27,31-35H,9-11,15-23,25H2,1-5H3/t27-,31+,32+,33-,34+,35+,36+,37-/m1/s1. The summed E-state index contributed by atoms with van der Waals surface area (Å²) >= 11 is 0. The van der Waals surface area contributed by atoms with Gasteiger partial charge in [-0.3, -0.25) is 0 Å². The molecule has 224 valence electrons. The highest BCUT2D eigenvalue weighted by molar-refractivity contribution is 5.25. The van der Waals surface area contributed by atoms with E-state index >= 15 is 0 Å². The van der Waals surface area contributed by atoms with Crippen LogP contribution in [0.5, 0.6) is 0 Å². The second kappa shape index (κ2) is 12.0.